The third-order valence-electron chi connectivity index (χ3n) is 8.20. The van der Waals surface area contributed by atoms with Crippen molar-refractivity contribution in [2.24, 2.45) is 0 Å². The van der Waals surface area contributed by atoms with Gasteiger partial charge in [0.25, 0.3) is 0 Å². The molecule has 1 N–H and O–H groups in total. The fourth-order valence-electron chi connectivity index (χ4n) is 5.85. The summed E-state index contributed by atoms with van der Waals surface area (Å²) in [6.07, 6.45) is 7.33. The zero-order chi connectivity index (χ0) is 30.8. The average molecular weight is 604 g/mol. The van der Waals surface area contributed by atoms with Crippen molar-refractivity contribution in [1.29, 1.82) is 0 Å². The van der Waals surface area contributed by atoms with E-state index in [1.807, 2.05) is 92.7 Å². The number of anilines is 1. The summed E-state index contributed by atoms with van der Waals surface area (Å²) in [7, 11) is -3.57. The zero-order valence-electron chi connectivity index (χ0n) is 25.7. The summed E-state index contributed by atoms with van der Waals surface area (Å²) in [5, 5.41) is 3.27. The van der Waals surface area contributed by atoms with Gasteiger partial charge in [-0.15, -0.1) is 0 Å². The smallest absolute Gasteiger partial charge is 0.243 e. The lowest BCUT2D eigenvalue weighted by Gasteiger charge is -2.34. The molecule has 4 rings (SSSR count). The van der Waals surface area contributed by atoms with Crippen molar-refractivity contribution in [1.82, 2.24) is 10.2 Å². The van der Waals surface area contributed by atoms with E-state index in [0.29, 0.717) is 25.1 Å². The lowest BCUT2D eigenvalue weighted by atomic mass is 9.94. The van der Waals surface area contributed by atoms with Crippen LogP contribution >= 0.6 is 0 Å². The molecule has 1 atom stereocenters. The first kappa shape index (κ1) is 32.3. The van der Waals surface area contributed by atoms with E-state index in [-0.39, 0.29) is 30.8 Å². The van der Waals surface area contributed by atoms with Crippen LogP contribution in [0.1, 0.15) is 67.2 Å². The van der Waals surface area contributed by atoms with Crippen molar-refractivity contribution < 1.29 is 18.0 Å². The lowest BCUT2D eigenvalue weighted by molar-refractivity contribution is -0.141. The molecule has 1 unspecified atom stereocenters. The Morgan fingerprint density at radius 2 is 1.51 bits per heavy atom. The number of rotatable bonds is 13. The normalized spacial score (nSPS) is 14.6. The van der Waals surface area contributed by atoms with Crippen molar-refractivity contribution in [2.45, 2.75) is 83.8 Å². The van der Waals surface area contributed by atoms with Crippen LogP contribution in [0.15, 0.2) is 78.9 Å². The molecule has 0 radical (unpaired) electrons. The number of nitrogens with zero attached hydrogens (tertiary/aromatic N) is 2. The highest BCUT2D eigenvalue weighted by Gasteiger charge is 2.32. The van der Waals surface area contributed by atoms with Crippen molar-refractivity contribution in [2.75, 3.05) is 17.1 Å². The van der Waals surface area contributed by atoms with Crippen LogP contribution in [0.2, 0.25) is 0 Å². The molecular weight excluding hydrogens is 558 g/mol. The van der Waals surface area contributed by atoms with Crippen LogP contribution in [0.4, 0.5) is 5.69 Å². The first-order chi connectivity index (χ1) is 20.6. The summed E-state index contributed by atoms with van der Waals surface area (Å²) in [5.74, 6) is -0.300. The number of amides is 2. The zero-order valence-corrected chi connectivity index (χ0v) is 26.5. The molecule has 0 saturated heterocycles. The highest BCUT2D eigenvalue weighted by atomic mass is 32.2. The van der Waals surface area contributed by atoms with Crippen LogP contribution < -0.4 is 9.62 Å². The van der Waals surface area contributed by atoms with Gasteiger partial charge in [-0.3, -0.25) is 13.9 Å². The summed E-state index contributed by atoms with van der Waals surface area (Å²) in [6, 6.07) is 24.7. The molecule has 2 amide bonds. The van der Waals surface area contributed by atoms with Gasteiger partial charge >= 0.3 is 0 Å². The number of aryl methyl sites for hydroxylation is 2. The highest BCUT2D eigenvalue weighted by Crippen LogP contribution is 2.25. The Morgan fingerprint density at radius 1 is 0.884 bits per heavy atom. The molecule has 8 heteroatoms. The van der Waals surface area contributed by atoms with Crippen LogP contribution in [0, 0.1) is 13.8 Å². The summed E-state index contributed by atoms with van der Waals surface area (Å²) in [4.78, 5) is 29.7. The summed E-state index contributed by atoms with van der Waals surface area (Å²) in [6.45, 7) is 4.28. The van der Waals surface area contributed by atoms with Crippen LogP contribution in [-0.4, -0.2) is 50.0 Å². The van der Waals surface area contributed by atoms with E-state index in [0.717, 1.165) is 47.9 Å². The van der Waals surface area contributed by atoms with Crippen molar-refractivity contribution in [3.8, 4) is 0 Å². The van der Waals surface area contributed by atoms with Crippen LogP contribution in [0.3, 0.4) is 0 Å². The molecule has 0 spiro atoms. The van der Waals surface area contributed by atoms with E-state index in [1.165, 1.54) is 17.0 Å². The largest absolute Gasteiger partial charge is 0.352 e. The van der Waals surface area contributed by atoms with Gasteiger partial charge in [0.1, 0.15) is 6.04 Å². The van der Waals surface area contributed by atoms with E-state index < -0.39 is 16.1 Å². The average Bonchev–Trinajstić information content (AvgIpc) is 2.99. The van der Waals surface area contributed by atoms with Gasteiger partial charge in [0.05, 0.1) is 11.9 Å². The third kappa shape index (κ3) is 9.42. The maximum atomic E-state index is 14.0. The standard InChI is InChI=1S/C35H45N3O4S/c1-27-21-22-28(2)32(24-27)38(43(3,41)42)23-13-20-34(39)37(26-30-16-9-5-10-17-30)33(25-29-14-7-4-8-15-29)35(40)36-31-18-11-6-12-19-31/h4-5,7-10,14-17,21-22,24,31,33H,6,11-13,18-20,23,25-26H2,1-3H3,(H,36,40). The van der Waals surface area contributed by atoms with Crippen molar-refractivity contribution in [3.05, 3.63) is 101 Å². The van der Waals surface area contributed by atoms with Crippen LogP contribution in [0.5, 0.6) is 0 Å². The van der Waals surface area contributed by atoms with E-state index in [9.17, 15) is 18.0 Å². The predicted octanol–water partition coefficient (Wildman–Crippen LogP) is 5.94. The minimum Gasteiger partial charge on any atom is -0.352 e. The van der Waals surface area contributed by atoms with Gasteiger partial charge < -0.3 is 10.2 Å². The molecule has 1 aliphatic rings. The van der Waals surface area contributed by atoms with Crippen molar-refractivity contribution in [3.63, 3.8) is 0 Å². The number of benzene rings is 3. The van der Waals surface area contributed by atoms with Crippen molar-refractivity contribution >= 4 is 27.5 Å². The van der Waals surface area contributed by atoms with Gasteiger partial charge in [-0.05, 0) is 61.4 Å². The molecule has 7 nitrogen and oxygen atoms in total. The molecule has 3 aromatic rings. The molecule has 3 aromatic carbocycles. The molecule has 1 fully saturated rings. The number of hydrogen-bond acceptors (Lipinski definition) is 4. The molecular formula is C35H45N3O4S. The SMILES string of the molecule is Cc1ccc(C)c(N(CCCC(=O)N(Cc2ccccc2)C(Cc2ccccc2)C(=O)NC2CCCCC2)S(C)(=O)=O)c1. The molecule has 43 heavy (non-hydrogen) atoms. The second kappa shape index (κ2) is 15.2. The number of hydrogen-bond donors (Lipinski definition) is 1. The Morgan fingerprint density at radius 3 is 2.14 bits per heavy atom. The van der Waals surface area contributed by atoms with E-state index in [4.69, 9.17) is 0 Å². The quantitative estimate of drug-likeness (QED) is 0.262. The Hall–Kier alpha value is -3.65. The summed E-state index contributed by atoms with van der Waals surface area (Å²) < 4.78 is 27.0. The van der Waals surface area contributed by atoms with Gasteiger partial charge in [0.2, 0.25) is 21.8 Å². The Labute approximate surface area is 257 Å². The fraction of sp³-hybridized carbons (Fsp3) is 0.429. The van der Waals surface area contributed by atoms with E-state index >= 15 is 0 Å². The predicted molar refractivity (Wildman–Crippen MR) is 173 cm³/mol. The van der Waals surface area contributed by atoms with Gasteiger partial charge in [-0.1, -0.05) is 92.1 Å². The number of nitrogens with one attached hydrogen (secondary N) is 1. The first-order valence-corrected chi connectivity index (χ1v) is 17.2. The Bertz CT molecular complexity index is 1450. The minimum atomic E-state index is -3.57. The number of carbonyl (C=O) groups excluding carboxylic acids is 2. The minimum absolute atomic E-state index is 0.117. The second-order valence-electron chi connectivity index (χ2n) is 11.8. The molecule has 0 bridgehead atoms. The first-order valence-electron chi connectivity index (χ1n) is 15.3. The molecule has 0 aromatic heterocycles. The molecule has 1 aliphatic carbocycles. The Kier molecular flexibility index (Phi) is 11.4. The third-order valence-corrected chi connectivity index (χ3v) is 9.38. The molecule has 1 saturated carbocycles. The van der Waals surface area contributed by atoms with E-state index in [2.05, 4.69) is 5.32 Å². The molecule has 0 aliphatic heterocycles. The Balaban J connectivity index is 1.58. The summed E-state index contributed by atoms with van der Waals surface area (Å²) in [5.41, 5.74) is 4.37. The van der Waals surface area contributed by atoms with Gasteiger partial charge in [-0.25, -0.2) is 8.42 Å². The lowest BCUT2D eigenvalue weighted by Crippen LogP contribution is -2.52. The van der Waals surface area contributed by atoms with Gasteiger partial charge in [-0.2, -0.15) is 0 Å². The molecule has 0 heterocycles. The van der Waals surface area contributed by atoms with E-state index in [1.54, 1.807) is 4.90 Å². The van der Waals surface area contributed by atoms with Crippen LogP contribution in [0.25, 0.3) is 0 Å². The number of sulfonamides is 1. The van der Waals surface area contributed by atoms with Gasteiger partial charge in [0.15, 0.2) is 0 Å². The van der Waals surface area contributed by atoms with Gasteiger partial charge in [0, 0.05) is 32.0 Å². The molecule has 230 valence electrons. The summed E-state index contributed by atoms with van der Waals surface area (Å²) >= 11 is 0. The monoisotopic (exact) mass is 603 g/mol. The highest BCUT2D eigenvalue weighted by molar-refractivity contribution is 7.92. The second-order valence-corrected chi connectivity index (χ2v) is 13.7. The topological polar surface area (TPSA) is 86.8 Å². The van der Waals surface area contributed by atoms with Crippen LogP contribution in [-0.2, 0) is 32.6 Å². The maximum absolute atomic E-state index is 14.0. The maximum Gasteiger partial charge on any atom is 0.243 e. The number of carbonyl (C=O) groups is 2. The fourth-order valence-corrected chi connectivity index (χ4v) is 6.86.